The van der Waals surface area contributed by atoms with Gasteiger partial charge in [-0.25, -0.2) is 0 Å². The summed E-state index contributed by atoms with van der Waals surface area (Å²) in [5.41, 5.74) is 2.18. The third kappa shape index (κ3) is 3.40. The number of carbonyl (C=O) groups excluding carboxylic acids is 1. The highest BCUT2D eigenvalue weighted by molar-refractivity contribution is 5.96. The zero-order valence-corrected chi connectivity index (χ0v) is 13.6. The first kappa shape index (κ1) is 16.1. The van der Waals surface area contributed by atoms with Crippen molar-refractivity contribution in [1.29, 1.82) is 0 Å². The summed E-state index contributed by atoms with van der Waals surface area (Å²) >= 11 is 0. The van der Waals surface area contributed by atoms with Gasteiger partial charge in [0.25, 0.3) is 0 Å². The molecule has 1 aliphatic rings. The Morgan fingerprint density at radius 1 is 1.29 bits per heavy atom. The lowest BCUT2D eigenvalue weighted by atomic mass is 10.2. The van der Waals surface area contributed by atoms with E-state index in [1.807, 2.05) is 37.3 Å². The van der Waals surface area contributed by atoms with E-state index in [0.29, 0.717) is 24.3 Å². The highest BCUT2D eigenvalue weighted by Crippen LogP contribution is 2.30. The molecule has 2 aromatic rings. The van der Waals surface area contributed by atoms with Crippen LogP contribution in [-0.4, -0.2) is 30.4 Å². The second kappa shape index (κ2) is 7.17. The average molecular weight is 324 g/mol. The summed E-state index contributed by atoms with van der Waals surface area (Å²) in [6.07, 6.45) is 3.10. The zero-order chi connectivity index (χ0) is 16.9. The molecule has 1 amide bonds. The third-order valence-electron chi connectivity index (χ3n) is 3.90. The molecule has 3 rings (SSSR count). The van der Waals surface area contributed by atoms with Crippen molar-refractivity contribution < 1.29 is 14.6 Å². The molecule has 0 radical (unpaired) electrons. The summed E-state index contributed by atoms with van der Waals surface area (Å²) in [5.74, 6) is 0.671. The predicted octanol–water partition coefficient (Wildman–Crippen LogP) is 3.67. The van der Waals surface area contributed by atoms with E-state index in [1.165, 1.54) is 0 Å². The molecule has 0 aliphatic carbocycles. The molecule has 0 unspecified atom stereocenters. The van der Waals surface area contributed by atoms with Crippen molar-refractivity contribution in [1.82, 2.24) is 0 Å². The van der Waals surface area contributed by atoms with Gasteiger partial charge in [-0.05, 0) is 43.7 Å². The number of nitrogens with zero attached hydrogens (tertiary/aromatic N) is 2. The summed E-state index contributed by atoms with van der Waals surface area (Å²) in [4.78, 5) is 18.1. The number of phenolic OH excluding ortho intramolecular Hbond substituents is 1. The molecular formula is C19H20N2O3. The number of amides is 1. The second-order valence-corrected chi connectivity index (χ2v) is 5.55. The van der Waals surface area contributed by atoms with Gasteiger partial charge in [0.15, 0.2) is 11.5 Å². The Hall–Kier alpha value is -2.82. The lowest BCUT2D eigenvalue weighted by Crippen LogP contribution is -2.23. The summed E-state index contributed by atoms with van der Waals surface area (Å²) in [6, 6.07) is 12.8. The second-order valence-electron chi connectivity index (χ2n) is 5.55. The number of anilines is 1. The Balaban J connectivity index is 1.82. The highest BCUT2D eigenvalue weighted by atomic mass is 16.5. The Bertz CT molecular complexity index is 771. The molecule has 1 fully saturated rings. The molecule has 0 bridgehead atoms. The van der Waals surface area contributed by atoms with Crippen LogP contribution in [-0.2, 0) is 4.79 Å². The maximum atomic E-state index is 11.8. The molecule has 2 aromatic carbocycles. The van der Waals surface area contributed by atoms with Crippen LogP contribution < -0.4 is 9.64 Å². The minimum atomic E-state index is 0.0778. The van der Waals surface area contributed by atoms with E-state index in [0.717, 1.165) is 24.3 Å². The summed E-state index contributed by atoms with van der Waals surface area (Å²) < 4.78 is 5.37. The Morgan fingerprint density at radius 2 is 2.12 bits per heavy atom. The fourth-order valence-electron chi connectivity index (χ4n) is 2.72. The standard InChI is InChI=1S/C19H20N2O3/c1-2-24-17-9-3-6-14(19(17)23)13-20-15-7-4-8-16(12-15)21-11-5-10-18(21)22/h3-4,6-9,12-13,23H,2,5,10-11H2,1H3. The fourth-order valence-corrected chi connectivity index (χ4v) is 2.72. The smallest absolute Gasteiger partial charge is 0.227 e. The van der Waals surface area contributed by atoms with Crippen LogP contribution in [0.4, 0.5) is 11.4 Å². The van der Waals surface area contributed by atoms with Crippen LogP contribution in [0.3, 0.4) is 0 Å². The molecule has 0 aromatic heterocycles. The molecule has 1 heterocycles. The van der Waals surface area contributed by atoms with Crippen LogP contribution in [0.5, 0.6) is 11.5 Å². The van der Waals surface area contributed by atoms with Crippen LogP contribution in [0, 0.1) is 0 Å². The number of aromatic hydroxyl groups is 1. The van der Waals surface area contributed by atoms with Crippen molar-refractivity contribution in [2.24, 2.45) is 4.99 Å². The number of para-hydroxylation sites is 1. The van der Waals surface area contributed by atoms with Gasteiger partial charge >= 0.3 is 0 Å². The van der Waals surface area contributed by atoms with E-state index in [-0.39, 0.29) is 11.7 Å². The van der Waals surface area contributed by atoms with Crippen molar-refractivity contribution in [2.75, 3.05) is 18.1 Å². The number of phenols is 1. The van der Waals surface area contributed by atoms with Gasteiger partial charge in [-0.1, -0.05) is 12.1 Å². The average Bonchev–Trinajstić information content (AvgIpc) is 3.02. The molecule has 1 aliphatic heterocycles. The number of benzene rings is 2. The van der Waals surface area contributed by atoms with Gasteiger partial charge in [0.05, 0.1) is 12.3 Å². The largest absolute Gasteiger partial charge is 0.504 e. The van der Waals surface area contributed by atoms with E-state index in [2.05, 4.69) is 4.99 Å². The van der Waals surface area contributed by atoms with E-state index in [1.54, 1.807) is 23.2 Å². The molecule has 124 valence electrons. The van der Waals surface area contributed by atoms with Crippen LogP contribution in [0.1, 0.15) is 25.3 Å². The number of aliphatic imine (C=N–C) groups is 1. The summed E-state index contributed by atoms with van der Waals surface area (Å²) in [6.45, 7) is 3.11. The van der Waals surface area contributed by atoms with Gasteiger partial charge in [0.2, 0.25) is 5.91 Å². The summed E-state index contributed by atoms with van der Waals surface area (Å²) in [5, 5.41) is 10.2. The fraction of sp³-hybridized carbons (Fsp3) is 0.263. The molecule has 1 saturated heterocycles. The van der Waals surface area contributed by atoms with Crippen LogP contribution in [0.25, 0.3) is 0 Å². The van der Waals surface area contributed by atoms with Crippen molar-refractivity contribution in [2.45, 2.75) is 19.8 Å². The Morgan fingerprint density at radius 3 is 2.88 bits per heavy atom. The lowest BCUT2D eigenvalue weighted by Gasteiger charge is -2.15. The van der Waals surface area contributed by atoms with Gasteiger partial charge in [0.1, 0.15) is 0 Å². The van der Waals surface area contributed by atoms with Crippen molar-refractivity contribution in [3.05, 3.63) is 48.0 Å². The van der Waals surface area contributed by atoms with Crippen molar-refractivity contribution in [3.8, 4) is 11.5 Å². The number of ether oxygens (including phenoxy) is 1. The zero-order valence-electron chi connectivity index (χ0n) is 13.6. The van der Waals surface area contributed by atoms with Crippen LogP contribution in [0.2, 0.25) is 0 Å². The van der Waals surface area contributed by atoms with Gasteiger partial charge < -0.3 is 14.7 Å². The lowest BCUT2D eigenvalue weighted by molar-refractivity contribution is -0.117. The first-order chi connectivity index (χ1) is 11.7. The molecular weight excluding hydrogens is 304 g/mol. The van der Waals surface area contributed by atoms with Gasteiger partial charge in [-0.3, -0.25) is 9.79 Å². The maximum absolute atomic E-state index is 11.8. The van der Waals surface area contributed by atoms with Gasteiger partial charge in [-0.15, -0.1) is 0 Å². The minimum Gasteiger partial charge on any atom is -0.504 e. The first-order valence-corrected chi connectivity index (χ1v) is 8.08. The first-order valence-electron chi connectivity index (χ1n) is 8.08. The molecule has 0 atom stereocenters. The van der Waals surface area contributed by atoms with E-state index in [4.69, 9.17) is 4.74 Å². The van der Waals surface area contributed by atoms with Gasteiger partial charge in [-0.2, -0.15) is 0 Å². The molecule has 5 heteroatoms. The SMILES string of the molecule is CCOc1cccc(C=Nc2cccc(N3CCCC3=O)c2)c1O. The maximum Gasteiger partial charge on any atom is 0.227 e. The normalized spacial score (nSPS) is 14.5. The molecule has 1 N–H and O–H groups in total. The van der Waals surface area contributed by atoms with Crippen molar-refractivity contribution in [3.63, 3.8) is 0 Å². The van der Waals surface area contributed by atoms with Crippen molar-refractivity contribution >= 4 is 23.5 Å². The monoisotopic (exact) mass is 324 g/mol. The number of hydrogen-bond donors (Lipinski definition) is 1. The third-order valence-corrected chi connectivity index (χ3v) is 3.90. The topological polar surface area (TPSA) is 62.1 Å². The quantitative estimate of drug-likeness (QED) is 0.854. The Labute approximate surface area is 141 Å². The van der Waals surface area contributed by atoms with E-state index >= 15 is 0 Å². The minimum absolute atomic E-state index is 0.0778. The summed E-state index contributed by atoms with van der Waals surface area (Å²) in [7, 11) is 0. The number of rotatable bonds is 5. The molecule has 24 heavy (non-hydrogen) atoms. The molecule has 0 spiro atoms. The number of hydrogen-bond acceptors (Lipinski definition) is 4. The highest BCUT2D eigenvalue weighted by Gasteiger charge is 2.21. The number of carbonyl (C=O) groups is 1. The molecule has 5 nitrogen and oxygen atoms in total. The van der Waals surface area contributed by atoms with Gasteiger partial charge in [0, 0.05) is 30.4 Å². The predicted molar refractivity (Wildman–Crippen MR) is 94.6 cm³/mol. The van der Waals surface area contributed by atoms with Crippen LogP contribution in [0.15, 0.2) is 47.5 Å². The van der Waals surface area contributed by atoms with Crippen LogP contribution >= 0.6 is 0 Å². The Kier molecular flexibility index (Phi) is 4.79. The van der Waals surface area contributed by atoms with E-state index < -0.39 is 0 Å². The molecule has 0 saturated carbocycles. The van der Waals surface area contributed by atoms with E-state index in [9.17, 15) is 9.90 Å².